The van der Waals surface area contributed by atoms with Gasteiger partial charge in [0.05, 0.1) is 0 Å². The molecule has 0 unspecified atom stereocenters. The molecule has 2 heterocycles. The van der Waals surface area contributed by atoms with Gasteiger partial charge >= 0.3 is 0 Å². The van der Waals surface area contributed by atoms with Crippen LogP contribution in [0.15, 0.2) is 109 Å². The van der Waals surface area contributed by atoms with Crippen molar-refractivity contribution in [2.24, 2.45) is 0 Å². The summed E-state index contributed by atoms with van der Waals surface area (Å²) in [5.41, 5.74) is 7.47. The fourth-order valence-electron chi connectivity index (χ4n) is 4.85. The summed E-state index contributed by atoms with van der Waals surface area (Å²) in [7, 11) is 0. The molecule has 0 saturated heterocycles. The maximum Gasteiger partial charge on any atom is 0.0465 e. The maximum atomic E-state index is 3.54. The molecule has 7 rings (SSSR count). The number of rotatable bonds is 2. The van der Waals surface area contributed by atoms with Crippen molar-refractivity contribution in [3.63, 3.8) is 0 Å². The number of hydrogen-bond acceptors (Lipinski definition) is 1. The van der Waals surface area contributed by atoms with E-state index in [9.17, 15) is 0 Å². The molecule has 0 bridgehead atoms. The third-order valence-corrected chi connectivity index (χ3v) is 7.64. The highest BCUT2D eigenvalue weighted by Gasteiger charge is 2.13. The average Bonchev–Trinajstić information content (AvgIpc) is 3.42. The first-order valence-electron chi connectivity index (χ1n) is 10.9. The Morgan fingerprint density at radius 2 is 1.22 bits per heavy atom. The number of hydrogen-bond donors (Lipinski definition) is 1. The molecule has 5 aromatic carbocycles. The molecule has 0 saturated carbocycles. The van der Waals surface area contributed by atoms with Gasteiger partial charge in [-0.05, 0) is 52.6 Å². The van der Waals surface area contributed by atoms with Crippen LogP contribution < -0.4 is 0 Å². The Bertz CT molecular complexity index is 1770. The van der Waals surface area contributed by atoms with E-state index in [1.54, 1.807) is 0 Å². The van der Waals surface area contributed by atoms with E-state index in [-0.39, 0.29) is 0 Å². The molecule has 0 fully saturated rings. The number of aromatic nitrogens is 1. The summed E-state index contributed by atoms with van der Waals surface area (Å²) in [4.78, 5) is 3.54. The van der Waals surface area contributed by atoms with Gasteiger partial charge in [0, 0.05) is 42.0 Å². The fraction of sp³-hybridized carbons (Fsp3) is 0. The van der Waals surface area contributed by atoms with E-state index in [1.165, 1.54) is 64.2 Å². The zero-order valence-electron chi connectivity index (χ0n) is 17.3. The monoisotopic (exact) mass is 425 g/mol. The number of fused-ring (bicyclic) bond motifs is 6. The lowest BCUT2D eigenvalue weighted by Crippen LogP contribution is -1.79. The first-order chi connectivity index (χ1) is 15.8. The van der Waals surface area contributed by atoms with E-state index < -0.39 is 0 Å². The zero-order valence-corrected chi connectivity index (χ0v) is 18.1. The second-order valence-electron chi connectivity index (χ2n) is 8.29. The smallest absolute Gasteiger partial charge is 0.0465 e. The normalized spacial score (nSPS) is 11.8. The molecule has 1 nitrogen and oxygen atoms in total. The molecular weight excluding hydrogens is 406 g/mol. The molecule has 2 aromatic heterocycles. The summed E-state index contributed by atoms with van der Waals surface area (Å²) in [6, 6.07) is 39.5. The van der Waals surface area contributed by atoms with Crippen LogP contribution in [0.5, 0.6) is 0 Å². The van der Waals surface area contributed by atoms with Crippen LogP contribution >= 0.6 is 11.3 Å². The first kappa shape index (κ1) is 17.8. The van der Waals surface area contributed by atoms with Gasteiger partial charge in [0.25, 0.3) is 0 Å². The number of thiophene rings is 1. The first-order valence-corrected chi connectivity index (χ1v) is 11.7. The number of benzene rings is 5. The van der Waals surface area contributed by atoms with Crippen LogP contribution in [0.4, 0.5) is 0 Å². The van der Waals surface area contributed by atoms with Crippen molar-refractivity contribution in [2.45, 2.75) is 0 Å². The van der Waals surface area contributed by atoms with E-state index in [0.29, 0.717) is 0 Å². The summed E-state index contributed by atoms with van der Waals surface area (Å²) in [6.45, 7) is 0. The van der Waals surface area contributed by atoms with Crippen molar-refractivity contribution in [1.29, 1.82) is 0 Å². The minimum absolute atomic E-state index is 1.19. The van der Waals surface area contributed by atoms with E-state index in [1.807, 2.05) is 11.3 Å². The molecular formula is C30H19NS. The molecule has 2 heteroatoms. The molecule has 0 atom stereocenters. The van der Waals surface area contributed by atoms with Crippen LogP contribution in [0.2, 0.25) is 0 Å². The lowest BCUT2D eigenvalue weighted by molar-refractivity contribution is 1.55. The predicted molar refractivity (Wildman–Crippen MR) is 140 cm³/mol. The van der Waals surface area contributed by atoms with Crippen molar-refractivity contribution in [3.8, 4) is 22.3 Å². The van der Waals surface area contributed by atoms with Crippen molar-refractivity contribution < 1.29 is 0 Å². The molecule has 0 radical (unpaired) electrons. The topological polar surface area (TPSA) is 15.8 Å². The third-order valence-electron chi connectivity index (χ3n) is 6.42. The third kappa shape index (κ3) is 2.63. The predicted octanol–water partition coefficient (Wildman–Crippen LogP) is 9.02. The van der Waals surface area contributed by atoms with Crippen LogP contribution in [0, 0.1) is 0 Å². The standard InChI is InChI=1S/C30H19NS/c1-2-7-19(8-3-1)20-14-16-29-26(17-20)24-11-6-10-22(30(24)32-29)21-13-15-28-25(18-21)23-9-4-5-12-27(23)31-28/h1-18,31H. The molecule has 0 spiro atoms. The summed E-state index contributed by atoms with van der Waals surface area (Å²) in [5.74, 6) is 0. The molecule has 0 aliphatic heterocycles. The molecule has 0 aliphatic carbocycles. The number of aromatic amines is 1. The van der Waals surface area contributed by atoms with Gasteiger partial charge in [-0.1, -0.05) is 78.9 Å². The van der Waals surface area contributed by atoms with Crippen molar-refractivity contribution >= 4 is 53.3 Å². The molecule has 7 aromatic rings. The van der Waals surface area contributed by atoms with Gasteiger partial charge in [-0.3, -0.25) is 0 Å². The lowest BCUT2D eigenvalue weighted by atomic mass is 9.99. The summed E-state index contributed by atoms with van der Waals surface area (Å²) >= 11 is 1.89. The Morgan fingerprint density at radius 1 is 0.469 bits per heavy atom. The minimum Gasteiger partial charge on any atom is -0.355 e. The van der Waals surface area contributed by atoms with Gasteiger partial charge in [0.1, 0.15) is 0 Å². The highest BCUT2D eigenvalue weighted by molar-refractivity contribution is 7.26. The Labute approximate surface area is 189 Å². The van der Waals surface area contributed by atoms with Crippen LogP contribution in [0.3, 0.4) is 0 Å². The number of para-hydroxylation sites is 1. The van der Waals surface area contributed by atoms with Crippen molar-refractivity contribution in [2.75, 3.05) is 0 Å². The molecule has 1 N–H and O–H groups in total. The molecule has 32 heavy (non-hydrogen) atoms. The van der Waals surface area contributed by atoms with Gasteiger partial charge in [-0.2, -0.15) is 0 Å². The van der Waals surface area contributed by atoms with E-state index in [4.69, 9.17) is 0 Å². The van der Waals surface area contributed by atoms with E-state index in [0.717, 1.165) is 0 Å². The van der Waals surface area contributed by atoms with E-state index in [2.05, 4.69) is 114 Å². The summed E-state index contributed by atoms with van der Waals surface area (Å²) < 4.78 is 2.69. The molecule has 0 aliphatic rings. The van der Waals surface area contributed by atoms with E-state index >= 15 is 0 Å². The zero-order chi connectivity index (χ0) is 21.1. The van der Waals surface area contributed by atoms with Crippen molar-refractivity contribution in [1.82, 2.24) is 4.98 Å². The van der Waals surface area contributed by atoms with Crippen molar-refractivity contribution in [3.05, 3.63) is 109 Å². The quantitative estimate of drug-likeness (QED) is 0.284. The Kier molecular flexibility index (Phi) is 3.78. The highest BCUT2D eigenvalue weighted by atomic mass is 32.1. The lowest BCUT2D eigenvalue weighted by Gasteiger charge is -2.05. The van der Waals surface area contributed by atoms with Gasteiger partial charge in [0.15, 0.2) is 0 Å². The van der Waals surface area contributed by atoms with Gasteiger partial charge < -0.3 is 4.98 Å². The summed E-state index contributed by atoms with van der Waals surface area (Å²) in [5, 5.41) is 5.23. The SMILES string of the molecule is c1ccc(-c2ccc3sc4c(-c5ccc6[nH]c7ccccc7c6c5)cccc4c3c2)cc1. The van der Waals surface area contributed by atoms with Gasteiger partial charge in [0.2, 0.25) is 0 Å². The Hall–Kier alpha value is -3.88. The maximum absolute atomic E-state index is 3.54. The number of nitrogens with one attached hydrogen (secondary N) is 1. The second kappa shape index (κ2) is 6.81. The van der Waals surface area contributed by atoms with Gasteiger partial charge in [-0.15, -0.1) is 11.3 Å². The fourth-order valence-corrected chi connectivity index (χ4v) is 6.07. The van der Waals surface area contributed by atoms with Crippen LogP contribution in [0.25, 0.3) is 64.2 Å². The Balaban J connectivity index is 1.46. The second-order valence-corrected chi connectivity index (χ2v) is 9.34. The Morgan fingerprint density at radius 3 is 2.16 bits per heavy atom. The average molecular weight is 426 g/mol. The van der Waals surface area contributed by atoms with Gasteiger partial charge in [-0.25, -0.2) is 0 Å². The highest BCUT2D eigenvalue weighted by Crippen LogP contribution is 2.42. The summed E-state index contributed by atoms with van der Waals surface area (Å²) in [6.07, 6.45) is 0. The molecule has 0 amide bonds. The van der Waals surface area contributed by atoms with Crippen LogP contribution in [0.1, 0.15) is 0 Å². The van der Waals surface area contributed by atoms with Crippen LogP contribution in [-0.2, 0) is 0 Å². The largest absolute Gasteiger partial charge is 0.355 e. The number of H-pyrrole nitrogens is 1. The van der Waals surface area contributed by atoms with Crippen LogP contribution in [-0.4, -0.2) is 4.98 Å². The minimum atomic E-state index is 1.19. The molecule has 150 valence electrons.